The molecular formula is C19H19NO4. The highest BCUT2D eigenvalue weighted by atomic mass is 16.5. The van der Waals surface area contributed by atoms with Gasteiger partial charge in [0.15, 0.2) is 11.5 Å². The van der Waals surface area contributed by atoms with E-state index in [2.05, 4.69) is 17.4 Å². The molecule has 1 amide bonds. The number of fused-ring (bicyclic) bond motifs is 2. The van der Waals surface area contributed by atoms with Crippen LogP contribution in [-0.2, 0) is 17.6 Å². The van der Waals surface area contributed by atoms with Gasteiger partial charge in [-0.2, -0.15) is 0 Å². The van der Waals surface area contributed by atoms with Gasteiger partial charge in [-0.1, -0.05) is 24.3 Å². The maximum Gasteiger partial charge on any atom is 0.225 e. The zero-order valence-electron chi connectivity index (χ0n) is 13.9. The molecule has 0 saturated heterocycles. The van der Waals surface area contributed by atoms with Gasteiger partial charge < -0.3 is 19.5 Å². The van der Waals surface area contributed by atoms with Crippen LogP contribution in [0, 0.1) is 0 Å². The second-order valence-electron chi connectivity index (χ2n) is 6.03. The van der Waals surface area contributed by atoms with Gasteiger partial charge in [0, 0.05) is 11.1 Å². The molecular weight excluding hydrogens is 306 g/mol. The molecule has 0 bridgehead atoms. The Morgan fingerprint density at radius 3 is 2.42 bits per heavy atom. The summed E-state index contributed by atoms with van der Waals surface area (Å²) in [6, 6.07) is 8.15. The lowest BCUT2D eigenvalue weighted by Gasteiger charge is -2.36. The molecule has 2 aromatic carbocycles. The van der Waals surface area contributed by atoms with Gasteiger partial charge in [0.05, 0.1) is 33.8 Å². The average Bonchev–Trinajstić information content (AvgIpc) is 2.60. The van der Waals surface area contributed by atoms with E-state index in [4.69, 9.17) is 14.2 Å². The summed E-state index contributed by atoms with van der Waals surface area (Å²) in [7, 11) is 4.82. The first-order valence-electron chi connectivity index (χ1n) is 7.91. The van der Waals surface area contributed by atoms with Gasteiger partial charge in [0.1, 0.15) is 0 Å². The van der Waals surface area contributed by atoms with Gasteiger partial charge in [0.25, 0.3) is 0 Å². The summed E-state index contributed by atoms with van der Waals surface area (Å²) in [6.07, 6.45) is 1.05. The third-order valence-electron chi connectivity index (χ3n) is 4.85. The Morgan fingerprint density at radius 2 is 1.71 bits per heavy atom. The Kier molecular flexibility index (Phi) is 3.37. The molecule has 1 heterocycles. The van der Waals surface area contributed by atoms with Crippen LogP contribution in [0.25, 0.3) is 11.1 Å². The van der Waals surface area contributed by atoms with Crippen molar-refractivity contribution in [3.05, 3.63) is 41.0 Å². The largest absolute Gasteiger partial charge is 0.492 e. The van der Waals surface area contributed by atoms with Gasteiger partial charge >= 0.3 is 0 Å². The Balaban J connectivity index is 2.14. The van der Waals surface area contributed by atoms with Gasteiger partial charge in [-0.05, 0) is 23.1 Å². The zero-order chi connectivity index (χ0) is 16.8. The maximum absolute atomic E-state index is 12.2. The number of methoxy groups -OCH3 is 3. The second-order valence-corrected chi connectivity index (χ2v) is 6.03. The number of rotatable bonds is 3. The molecule has 1 atom stereocenters. The summed E-state index contributed by atoms with van der Waals surface area (Å²) < 4.78 is 16.9. The molecule has 1 aliphatic carbocycles. The van der Waals surface area contributed by atoms with Crippen molar-refractivity contribution in [2.75, 3.05) is 21.3 Å². The predicted molar refractivity (Wildman–Crippen MR) is 89.8 cm³/mol. The van der Waals surface area contributed by atoms with Crippen molar-refractivity contribution >= 4 is 5.91 Å². The number of amides is 1. The lowest BCUT2D eigenvalue weighted by Crippen LogP contribution is -2.38. The summed E-state index contributed by atoms with van der Waals surface area (Å²) in [5.74, 6) is 1.79. The number of carbonyl (C=O) groups excluding carboxylic acids is 1. The quantitative estimate of drug-likeness (QED) is 0.942. The van der Waals surface area contributed by atoms with E-state index in [9.17, 15) is 4.79 Å². The second kappa shape index (κ2) is 5.44. The molecule has 1 aliphatic heterocycles. The fourth-order valence-electron chi connectivity index (χ4n) is 3.97. The first-order chi connectivity index (χ1) is 11.7. The maximum atomic E-state index is 12.2. The number of ether oxygens (including phenoxy) is 3. The molecule has 5 nitrogen and oxygen atoms in total. The van der Waals surface area contributed by atoms with Crippen LogP contribution in [0.4, 0.5) is 0 Å². The van der Waals surface area contributed by atoms with Crippen LogP contribution in [0.15, 0.2) is 24.3 Å². The molecule has 2 aliphatic rings. The zero-order valence-corrected chi connectivity index (χ0v) is 13.9. The topological polar surface area (TPSA) is 56.8 Å². The minimum Gasteiger partial charge on any atom is -0.492 e. The van der Waals surface area contributed by atoms with Crippen LogP contribution >= 0.6 is 0 Å². The molecule has 0 saturated carbocycles. The van der Waals surface area contributed by atoms with E-state index in [0.717, 1.165) is 28.7 Å². The minimum atomic E-state index is -0.0696. The number of carbonyl (C=O) groups is 1. The minimum absolute atomic E-state index is 0.00310. The molecule has 4 rings (SSSR count). The first kappa shape index (κ1) is 14.9. The predicted octanol–water partition coefficient (Wildman–Crippen LogP) is 2.65. The smallest absolute Gasteiger partial charge is 0.225 e. The van der Waals surface area contributed by atoms with Gasteiger partial charge in [-0.25, -0.2) is 0 Å². The fourth-order valence-corrected chi connectivity index (χ4v) is 3.97. The van der Waals surface area contributed by atoms with Crippen LogP contribution in [0.2, 0.25) is 0 Å². The van der Waals surface area contributed by atoms with Crippen molar-refractivity contribution in [3.63, 3.8) is 0 Å². The van der Waals surface area contributed by atoms with Crippen LogP contribution in [0.5, 0.6) is 17.2 Å². The van der Waals surface area contributed by atoms with E-state index in [-0.39, 0.29) is 18.4 Å². The fraction of sp³-hybridized carbons (Fsp3) is 0.316. The van der Waals surface area contributed by atoms with Crippen molar-refractivity contribution in [1.82, 2.24) is 5.32 Å². The number of hydrogen-bond acceptors (Lipinski definition) is 4. The molecule has 5 heteroatoms. The summed E-state index contributed by atoms with van der Waals surface area (Å²) >= 11 is 0. The molecule has 2 aromatic rings. The molecule has 0 aromatic heterocycles. The molecule has 24 heavy (non-hydrogen) atoms. The van der Waals surface area contributed by atoms with Crippen molar-refractivity contribution in [2.24, 2.45) is 0 Å². The van der Waals surface area contributed by atoms with Crippen molar-refractivity contribution < 1.29 is 19.0 Å². The molecule has 0 unspecified atom stereocenters. The standard InChI is InChI=1S/C19H19NO4/c1-22-17-12-9-14(21)20-13-8-10-6-4-5-7-11(10)16(15(12)13)18(23-2)19(17)24-3/h4-7,13H,8-9H2,1-3H3,(H,20,21)/t13-/m1/s1. The highest BCUT2D eigenvalue weighted by molar-refractivity contribution is 5.92. The highest BCUT2D eigenvalue weighted by Gasteiger charge is 2.38. The number of benzene rings is 2. The third-order valence-corrected chi connectivity index (χ3v) is 4.85. The summed E-state index contributed by atoms with van der Waals surface area (Å²) in [6.45, 7) is 0. The Morgan fingerprint density at radius 1 is 1.00 bits per heavy atom. The van der Waals surface area contributed by atoms with E-state index in [1.807, 2.05) is 12.1 Å². The lowest BCUT2D eigenvalue weighted by molar-refractivity contribution is -0.121. The van der Waals surface area contributed by atoms with E-state index < -0.39 is 0 Å². The first-order valence-corrected chi connectivity index (χ1v) is 7.91. The van der Waals surface area contributed by atoms with Crippen molar-refractivity contribution in [2.45, 2.75) is 18.9 Å². The van der Waals surface area contributed by atoms with Crippen LogP contribution in [0.1, 0.15) is 22.7 Å². The molecule has 124 valence electrons. The van der Waals surface area contributed by atoms with Gasteiger partial charge in [-0.3, -0.25) is 4.79 Å². The van der Waals surface area contributed by atoms with E-state index in [1.54, 1.807) is 21.3 Å². The van der Waals surface area contributed by atoms with Crippen molar-refractivity contribution in [1.29, 1.82) is 0 Å². The summed E-state index contributed by atoms with van der Waals surface area (Å²) in [5, 5.41) is 3.10. The Bertz CT molecular complexity index is 844. The van der Waals surface area contributed by atoms with E-state index >= 15 is 0 Å². The summed E-state index contributed by atoms with van der Waals surface area (Å²) in [4.78, 5) is 12.2. The number of hydrogen-bond donors (Lipinski definition) is 1. The van der Waals surface area contributed by atoms with Gasteiger partial charge in [0.2, 0.25) is 11.7 Å². The molecule has 0 fully saturated rings. The molecule has 0 radical (unpaired) electrons. The van der Waals surface area contributed by atoms with Gasteiger partial charge in [-0.15, -0.1) is 0 Å². The lowest BCUT2D eigenvalue weighted by atomic mass is 9.77. The van der Waals surface area contributed by atoms with Crippen molar-refractivity contribution in [3.8, 4) is 28.4 Å². The van der Waals surface area contributed by atoms with Crippen LogP contribution in [0.3, 0.4) is 0 Å². The van der Waals surface area contributed by atoms with Crippen LogP contribution in [-0.4, -0.2) is 27.2 Å². The van der Waals surface area contributed by atoms with E-state index in [0.29, 0.717) is 17.2 Å². The van der Waals surface area contributed by atoms with E-state index in [1.165, 1.54) is 5.56 Å². The normalized spacial score (nSPS) is 17.5. The Labute approximate surface area is 140 Å². The molecule has 0 spiro atoms. The Hall–Kier alpha value is -2.69. The third kappa shape index (κ3) is 1.90. The summed E-state index contributed by atoms with van der Waals surface area (Å²) in [5.41, 5.74) is 5.29. The highest BCUT2D eigenvalue weighted by Crippen LogP contribution is 2.55. The monoisotopic (exact) mass is 325 g/mol. The molecule has 1 N–H and O–H groups in total. The van der Waals surface area contributed by atoms with Crippen LogP contribution < -0.4 is 19.5 Å². The SMILES string of the molecule is COc1c2c3c(c(OC)c1OC)-c1ccccc1C[C@H]3NC(=O)C2. The number of nitrogens with one attached hydrogen (secondary N) is 1. The average molecular weight is 325 g/mol.